The van der Waals surface area contributed by atoms with Gasteiger partial charge in [-0.1, -0.05) is 18.2 Å². The summed E-state index contributed by atoms with van der Waals surface area (Å²) in [7, 11) is 0. The van der Waals surface area contributed by atoms with Crippen molar-refractivity contribution in [1.29, 1.82) is 0 Å². The van der Waals surface area contributed by atoms with E-state index in [0.717, 1.165) is 12.0 Å². The Balaban J connectivity index is 1.99. The van der Waals surface area contributed by atoms with Crippen molar-refractivity contribution in [3.05, 3.63) is 34.9 Å². The Hall–Kier alpha value is -1.35. The van der Waals surface area contributed by atoms with Crippen molar-refractivity contribution in [2.24, 2.45) is 0 Å². The van der Waals surface area contributed by atoms with E-state index in [1.807, 2.05) is 19.9 Å². The normalized spacial score (nSPS) is 14.4. The highest BCUT2D eigenvalue weighted by Crippen LogP contribution is 2.23. The summed E-state index contributed by atoms with van der Waals surface area (Å²) in [6.45, 7) is 3.57. The fourth-order valence-electron chi connectivity index (χ4n) is 2.38. The summed E-state index contributed by atoms with van der Waals surface area (Å²) >= 11 is 0. The molecule has 0 heterocycles. The van der Waals surface area contributed by atoms with E-state index in [2.05, 4.69) is 17.4 Å². The number of hydrogen-bond donors (Lipinski definition) is 2. The smallest absolute Gasteiger partial charge is 0.224 e. The lowest BCUT2D eigenvalue weighted by Crippen LogP contribution is -2.46. The van der Waals surface area contributed by atoms with E-state index < -0.39 is 5.54 Å². The summed E-state index contributed by atoms with van der Waals surface area (Å²) in [4.78, 5) is 11.9. The van der Waals surface area contributed by atoms with Gasteiger partial charge in [-0.25, -0.2) is 0 Å². The van der Waals surface area contributed by atoms with Crippen LogP contribution in [0, 0.1) is 0 Å². The van der Waals surface area contributed by atoms with Crippen molar-refractivity contribution in [3.8, 4) is 0 Å². The van der Waals surface area contributed by atoms with Crippen LogP contribution in [-0.2, 0) is 24.1 Å². The zero-order chi connectivity index (χ0) is 13.2. The van der Waals surface area contributed by atoms with Gasteiger partial charge in [0.05, 0.1) is 18.6 Å². The predicted octanol–water partition coefficient (Wildman–Crippen LogP) is 1.60. The molecule has 0 spiro atoms. The van der Waals surface area contributed by atoms with Gasteiger partial charge in [-0.2, -0.15) is 0 Å². The van der Waals surface area contributed by atoms with Gasteiger partial charge in [0, 0.05) is 0 Å². The molecule has 0 saturated heterocycles. The van der Waals surface area contributed by atoms with Crippen LogP contribution in [0.25, 0.3) is 0 Å². The molecule has 18 heavy (non-hydrogen) atoms. The first-order chi connectivity index (χ1) is 8.50. The molecule has 0 aromatic heterocycles. The minimum atomic E-state index is -0.548. The van der Waals surface area contributed by atoms with Crippen LogP contribution in [-0.4, -0.2) is 23.2 Å². The number of aliphatic hydroxyl groups excluding tert-OH is 1. The molecule has 0 bridgehead atoms. The van der Waals surface area contributed by atoms with Gasteiger partial charge in [0.2, 0.25) is 5.91 Å². The summed E-state index contributed by atoms with van der Waals surface area (Å²) in [6.07, 6.45) is 3.91. The first kappa shape index (κ1) is 13.1. The van der Waals surface area contributed by atoms with Crippen LogP contribution in [0.3, 0.4) is 0 Å². The minimum absolute atomic E-state index is 0.0352. The molecule has 3 heteroatoms. The van der Waals surface area contributed by atoms with E-state index in [1.165, 1.54) is 24.0 Å². The lowest BCUT2D eigenvalue weighted by molar-refractivity contribution is -0.122. The van der Waals surface area contributed by atoms with Crippen molar-refractivity contribution >= 4 is 5.91 Å². The van der Waals surface area contributed by atoms with Crippen molar-refractivity contribution < 1.29 is 9.90 Å². The Morgan fingerprint density at radius 1 is 1.33 bits per heavy atom. The number of carbonyl (C=O) groups is 1. The van der Waals surface area contributed by atoms with E-state index in [9.17, 15) is 4.79 Å². The third-order valence-electron chi connectivity index (χ3n) is 3.40. The number of hydrogen-bond acceptors (Lipinski definition) is 2. The lowest BCUT2D eigenvalue weighted by atomic mass is 10.0. The topological polar surface area (TPSA) is 49.3 Å². The summed E-state index contributed by atoms with van der Waals surface area (Å²) in [5, 5.41) is 12.0. The Labute approximate surface area is 108 Å². The van der Waals surface area contributed by atoms with Crippen LogP contribution in [0.1, 0.15) is 37.0 Å². The Kier molecular flexibility index (Phi) is 3.71. The average Bonchev–Trinajstić information content (AvgIpc) is 2.75. The molecule has 1 aliphatic rings. The standard InChI is InChI=1S/C15H21NO2/c1-15(2,10-17)16-14(18)9-11-6-7-12-4-3-5-13(12)8-11/h6-8,17H,3-5,9-10H2,1-2H3,(H,16,18). The van der Waals surface area contributed by atoms with Gasteiger partial charge in [0.15, 0.2) is 0 Å². The van der Waals surface area contributed by atoms with E-state index in [4.69, 9.17) is 5.11 Å². The molecular weight excluding hydrogens is 226 g/mol. The van der Waals surface area contributed by atoms with Crippen LogP contribution in [0.4, 0.5) is 0 Å². The molecule has 1 amide bonds. The first-order valence-corrected chi connectivity index (χ1v) is 6.53. The van der Waals surface area contributed by atoms with Crippen LogP contribution in [0.5, 0.6) is 0 Å². The van der Waals surface area contributed by atoms with Crippen molar-refractivity contribution in [3.63, 3.8) is 0 Å². The Morgan fingerprint density at radius 3 is 2.78 bits per heavy atom. The number of rotatable bonds is 4. The zero-order valence-electron chi connectivity index (χ0n) is 11.1. The van der Waals surface area contributed by atoms with Crippen LogP contribution >= 0.6 is 0 Å². The number of amides is 1. The second-order valence-corrected chi connectivity index (χ2v) is 5.72. The second kappa shape index (κ2) is 5.11. The Bertz CT molecular complexity index is 452. The molecule has 0 unspecified atom stereocenters. The number of carbonyl (C=O) groups excluding carboxylic acids is 1. The molecule has 0 saturated carbocycles. The fraction of sp³-hybridized carbons (Fsp3) is 0.533. The maximum Gasteiger partial charge on any atom is 0.224 e. The van der Waals surface area contributed by atoms with Crippen molar-refractivity contribution in [1.82, 2.24) is 5.32 Å². The van der Waals surface area contributed by atoms with Crippen LogP contribution in [0.2, 0.25) is 0 Å². The van der Waals surface area contributed by atoms with Crippen molar-refractivity contribution in [2.75, 3.05) is 6.61 Å². The van der Waals surface area contributed by atoms with Gasteiger partial charge in [-0.05, 0) is 49.8 Å². The van der Waals surface area contributed by atoms with E-state index in [0.29, 0.717) is 6.42 Å². The molecule has 1 aromatic rings. The largest absolute Gasteiger partial charge is 0.394 e. The van der Waals surface area contributed by atoms with Gasteiger partial charge in [0.25, 0.3) is 0 Å². The van der Waals surface area contributed by atoms with Gasteiger partial charge < -0.3 is 10.4 Å². The third-order valence-corrected chi connectivity index (χ3v) is 3.40. The van der Waals surface area contributed by atoms with Crippen molar-refractivity contribution in [2.45, 2.75) is 45.1 Å². The maximum atomic E-state index is 11.9. The summed E-state index contributed by atoms with van der Waals surface area (Å²) in [5.41, 5.74) is 3.33. The average molecular weight is 247 g/mol. The number of fused-ring (bicyclic) bond motifs is 1. The fourth-order valence-corrected chi connectivity index (χ4v) is 2.38. The minimum Gasteiger partial charge on any atom is -0.394 e. The highest BCUT2D eigenvalue weighted by atomic mass is 16.3. The molecule has 2 N–H and O–H groups in total. The third kappa shape index (κ3) is 3.10. The Morgan fingerprint density at radius 2 is 2.06 bits per heavy atom. The van der Waals surface area contributed by atoms with Gasteiger partial charge >= 0.3 is 0 Å². The second-order valence-electron chi connectivity index (χ2n) is 5.72. The van der Waals surface area contributed by atoms with Crippen LogP contribution in [0.15, 0.2) is 18.2 Å². The lowest BCUT2D eigenvalue weighted by Gasteiger charge is -2.23. The van der Waals surface area contributed by atoms with Gasteiger partial charge in [0.1, 0.15) is 0 Å². The first-order valence-electron chi connectivity index (χ1n) is 6.53. The van der Waals surface area contributed by atoms with Gasteiger partial charge in [-0.3, -0.25) is 4.79 Å². The molecule has 1 aliphatic carbocycles. The highest BCUT2D eigenvalue weighted by Gasteiger charge is 2.19. The number of nitrogens with one attached hydrogen (secondary N) is 1. The molecule has 3 nitrogen and oxygen atoms in total. The molecule has 0 atom stereocenters. The molecule has 0 aliphatic heterocycles. The van der Waals surface area contributed by atoms with E-state index >= 15 is 0 Å². The van der Waals surface area contributed by atoms with Crippen LogP contribution < -0.4 is 5.32 Å². The van der Waals surface area contributed by atoms with E-state index in [-0.39, 0.29) is 12.5 Å². The SMILES string of the molecule is CC(C)(CO)NC(=O)Cc1ccc2c(c1)CCC2. The maximum absolute atomic E-state index is 11.9. The zero-order valence-corrected chi connectivity index (χ0v) is 11.1. The van der Waals surface area contributed by atoms with Gasteiger partial charge in [-0.15, -0.1) is 0 Å². The predicted molar refractivity (Wildman–Crippen MR) is 71.5 cm³/mol. The molecule has 98 valence electrons. The summed E-state index contributed by atoms with van der Waals surface area (Å²) in [5.74, 6) is -0.0352. The molecule has 0 radical (unpaired) electrons. The monoisotopic (exact) mass is 247 g/mol. The summed E-state index contributed by atoms with van der Waals surface area (Å²) < 4.78 is 0. The number of aryl methyl sites for hydroxylation is 2. The van der Waals surface area contributed by atoms with E-state index in [1.54, 1.807) is 0 Å². The highest BCUT2D eigenvalue weighted by molar-refractivity contribution is 5.79. The molecule has 2 rings (SSSR count). The number of benzene rings is 1. The quantitative estimate of drug-likeness (QED) is 0.849. The molecule has 0 fully saturated rings. The number of aliphatic hydroxyl groups is 1. The molecular formula is C15H21NO2. The molecule has 1 aromatic carbocycles. The summed E-state index contributed by atoms with van der Waals surface area (Å²) in [6, 6.07) is 6.33.